The number of hydrogen-bond acceptors (Lipinski definition) is 4. The summed E-state index contributed by atoms with van der Waals surface area (Å²) >= 11 is 0. The number of amides is 1. The predicted molar refractivity (Wildman–Crippen MR) is 123 cm³/mol. The number of hydrogen-bond donors (Lipinski definition) is 2. The smallest absolute Gasteiger partial charge is 0.407 e. The maximum atomic E-state index is 12.0. The van der Waals surface area contributed by atoms with E-state index in [1.165, 1.54) is 32.4 Å². The van der Waals surface area contributed by atoms with E-state index < -0.39 is 5.60 Å². The van der Waals surface area contributed by atoms with Crippen molar-refractivity contribution in [3.63, 3.8) is 0 Å². The van der Waals surface area contributed by atoms with Crippen molar-refractivity contribution in [2.24, 2.45) is 10.9 Å². The summed E-state index contributed by atoms with van der Waals surface area (Å²) in [7, 11) is 0. The maximum absolute atomic E-state index is 12.0. The van der Waals surface area contributed by atoms with Crippen molar-refractivity contribution in [2.75, 3.05) is 39.3 Å². The lowest BCUT2D eigenvalue weighted by molar-refractivity contribution is 0.0507. The number of carbonyl (C=O) groups excluding carboxylic acids is 1. The van der Waals surface area contributed by atoms with Crippen LogP contribution in [-0.4, -0.2) is 78.8 Å². The fourth-order valence-corrected chi connectivity index (χ4v) is 3.97. The van der Waals surface area contributed by atoms with Gasteiger partial charge < -0.3 is 25.2 Å². The van der Waals surface area contributed by atoms with Crippen molar-refractivity contribution in [3.8, 4) is 0 Å². The van der Waals surface area contributed by atoms with Crippen LogP contribution < -0.4 is 10.6 Å². The second-order valence-corrected chi connectivity index (χ2v) is 9.15. The molecule has 2 saturated heterocycles. The van der Waals surface area contributed by atoms with Gasteiger partial charge in [0, 0.05) is 38.8 Å². The van der Waals surface area contributed by atoms with E-state index in [0.29, 0.717) is 5.92 Å². The fraction of sp³-hybridized carbons (Fsp3) is 0.900. The molecule has 1 amide bonds. The van der Waals surface area contributed by atoms with Crippen LogP contribution in [0.5, 0.6) is 0 Å². The summed E-state index contributed by atoms with van der Waals surface area (Å²) in [6, 6.07) is 0.978. The lowest BCUT2D eigenvalue weighted by Gasteiger charge is -2.23. The van der Waals surface area contributed by atoms with Crippen LogP contribution in [0.2, 0.25) is 0 Å². The molecule has 2 aliphatic heterocycles. The Kier molecular flexibility index (Phi) is 8.66. The van der Waals surface area contributed by atoms with E-state index in [-0.39, 0.29) is 36.1 Å². The molecule has 3 aliphatic rings. The lowest BCUT2D eigenvalue weighted by atomic mass is 10.1. The minimum Gasteiger partial charge on any atom is -0.444 e. The summed E-state index contributed by atoms with van der Waals surface area (Å²) in [5, 5.41) is 6.42. The largest absolute Gasteiger partial charge is 0.444 e. The van der Waals surface area contributed by atoms with Crippen molar-refractivity contribution in [2.45, 2.75) is 71.1 Å². The molecule has 2 N–H and O–H groups in total. The van der Waals surface area contributed by atoms with Crippen LogP contribution in [0.25, 0.3) is 0 Å². The Labute approximate surface area is 187 Å². The molecular formula is C20H38IN5O2. The van der Waals surface area contributed by atoms with E-state index in [1.807, 2.05) is 20.8 Å². The van der Waals surface area contributed by atoms with Gasteiger partial charge in [-0.3, -0.25) is 4.99 Å². The quantitative estimate of drug-likeness (QED) is 0.340. The monoisotopic (exact) mass is 507 g/mol. The van der Waals surface area contributed by atoms with Gasteiger partial charge in [0.15, 0.2) is 5.96 Å². The number of nitrogens with zero attached hydrogens (tertiary/aromatic N) is 3. The first kappa shape index (κ1) is 23.5. The molecule has 2 atom stereocenters. The molecule has 1 aliphatic carbocycles. The molecule has 0 bridgehead atoms. The molecule has 8 heteroatoms. The molecule has 0 radical (unpaired) electrons. The van der Waals surface area contributed by atoms with Gasteiger partial charge in [0.25, 0.3) is 0 Å². The number of alkyl carbamates (subject to hydrolysis) is 1. The Balaban J connectivity index is 0.00000280. The summed E-state index contributed by atoms with van der Waals surface area (Å²) in [5.74, 6) is 1.66. The Morgan fingerprint density at radius 3 is 2.54 bits per heavy atom. The molecule has 1 saturated carbocycles. The van der Waals surface area contributed by atoms with Crippen LogP contribution in [0, 0.1) is 5.92 Å². The van der Waals surface area contributed by atoms with Gasteiger partial charge in [-0.1, -0.05) is 0 Å². The zero-order valence-corrected chi connectivity index (χ0v) is 20.2. The molecule has 0 aromatic carbocycles. The van der Waals surface area contributed by atoms with Crippen molar-refractivity contribution < 1.29 is 9.53 Å². The van der Waals surface area contributed by atoms with Gasteiger partial charge in [-0.05, 0) is 65.8 Å². The minimum absolute atomic E-state index is 0. The third kappa shape index (κ3) is 7.24. The first-order valence-electron chi connectivity index (χ1n) is 10.6. The topological polar surface area (TPSA) is 69.2 Å². The average Bonchev–Trinajstić information content (AvgIpc) is 3.14. The summed E-state index contributed by atoms with van der Waals surface area (Å²) in [6.07, 6.45) is 4.63. The van der Waals surface area contributed by atoms with E-state index in [4.69, 9.17) is 9.73 Å². The Morgan fingerprint density at radius 2 is 1.89 bits per heavy atom. The van der Waals surface area contributed by atoms with E-state index in [9.17, 15) is 4.79 Å². The number of nitrogens with one attached hydrogen (secondary N) is 2. The van der Waals surface area contributed by atoms with Crippen molar-refractivity contribution in [1.29, 1.82) is 0 Å². The second kappa shape index (κ2) is 10.3. The third-order valence-corrected chi connectivity index (χ3v) is 5.42. The van der Waals surface area contributed by atoms with E-state index >= 15 is 0 Å². The predicted octanol–water partition coefficient (Wildman–Crippen LogP) is 2.65. The van der Waals surface area contributed by atoms with Gasteiger partial charge in [0.05, 0.1) is 6.04 Å². The van der Waals surface area contributed by atoms with Crippen molar-refractivity contribution in [1.82, 2.24) is 20.4 Å². The normalized spacial score (nSPS) is 26.1. The number of ether oxygens (including phenoxy) is 1. The molecular weight excluding hydrogens is 469 g/mol. The standard InChI is InChI=1S/C20H37N5O2.HI/c1-5-21-18(22-12-15-8-10-24(13-15)17-6-7-17)25-11-9-16(14-25)23-19(26)27-20(2,3)4;/h15-17H,5-14H2,1-4H3,(H,21,22)(H,23,26);1H. The molecule has 162 valence electrons. The van der Waals surface area contributed by atoms with Gasteiger partial charge in [0.2, 0.25) is 0 Å². The van der Waals surface area contributed by atoms with Gasteiger partial charge in [-0.15, -0.1) is 24.0 Å². The van der Waals surface area contributed by atoms with Crippen LogP contribution in [0.15, 0.2) is 4.99 Å². The number of rotatable bonds is 5. The summed E-state index contributed by atoms with van der Waals surface area (Å²) in [4.78, 5) is 21.8. The number of aliphatic imine (C=N–C) groups is 1. The molecule has 0 spiro atoms. The van der Waals surface area contributed by atoms with Crippen molar-refractivity contribution >= 4 is 36.0 Å². The Morgan fingerprint density at radius 1 is 1.14 bits per heavy atom. The van der Waals surface area contributed by atoms with Crippen LogP contribution in [0.1, 0.15) is 53.4 Å². The highest BCUT2D eigenvalue weighted by atomic mass is 127. The lowest BCUT2D eigenvalue weighted by Crippen LogP contribution is -2.44. The first-order chi connectivity index (χ1) is 12.8. The highest BCUT2D eigenvalue weighted by Gasteiger charge is 2.34. The maximum Gasteiger partial charge on any atom is 0.407 e. The van der Waals surface area contributed by atoms with Crippen LogP contribution in [0.4, 0.5) is 4.79 Å². The molecule has 28 heavy (non-hydrogen) atoms. The van der Waals surface area contributed by atoms with E-state index in [1.54, 1.807) is 0 Å². The molecule has 3 fully saturated rings. The second-order valence-electron chi connectivity index (χ2n) is 9.15. The number of carbonyl (C=O) groups is 1. The third-order valence-electron chi connectivity index (χ3n) is 5.42. The van der Waals surface area contributed by atoms with Gasteiger partial charge in [0.1, 0.15) is 5.60 Å². The zero-order valence-electron chi connectivity index (χ0n) is 17.9. The Hall–Kier alpha value is -0.770. The van der Waals surface area contributed by atoms with E-state index in [2.05, 4.69) is 27.4 Å². The van der Waals surface area contributed by atoms with Crippen molar-refractivity contribution in [3.05, 3.63) is 0 Å². The van der Waals surface area contributed by atoms with Gasteiger partial charge in [-0.25, -0.2) is 4.79 Å². The number of guanidine groups is 1. The molecule has 0 aromatic heterocycles. The van der Waals surface area contributed by atoms with Crippen LogP contribution in [-0.2, 0) is 4.74 Å². The van der Waals surface area contributed by atoms with Gasteiger partial charge >= 0.3 is 6.09 Å². The zero-order chi connectivity index (χ0) is 19.4. The first-order valence-corrected chi connectivity index (χ1v) is 10.6. The minimum atomic E-state index is -0.464. The number of likely N-dealkylation sites (tertiary alicyclic amines) is 2. The number of halogens is 1. The molecule has 2 heterocycles. The molecule has 3 rings (SSSR count). The molecule has 2 unspecified atom stereocenters. The van der Waals surface area contributed by atoms with E-state index in [0.717, 1.165) is 44.6 Å². The van der Waals surface area contributed by atoms with Gasteiger partial charge in [-0.2, -0.15) is 0 Å². The molecule has 7 nitrogen and oxygen atoms in total. The SMILES string of the molecule is CCNC(=NCC1CCN(C2CC2)C1)N1CCC(NC(=O)OC(C)(C)C)C1.I. The summed E-state index contributed by atoms with van der Waals surface area (Å²) < 4.78 is 5.37. The Bertz CT molecular complexity index is 547. The van der Waals surface area contributed by atoms with Crippen LogP contribution >= 0.6 is 24.0 Å². The highest BCUT2D eigenvalue weighted by molar-refractivity contribution is 14.0. The fourth-order valence-electron chi connectivity index (χ4n) is 3.97. The van der Waals surface area contributed by atoms with Crippen LogP contribution in [0.3, 0.4) is 0 Å². The summed E-state index contributed by atoms with van der Waals surface area (Å²) in [5.41, 5.74) is -0.464. The highest BCUT2D eigenvalue weighted by Crippen LogP contribution is 2.31. The summed E-state index contributed by atoms with van der Waals surface area (Å²) in [6.45, 7) is 13.7. The molecule has 0 aromatic rings. The average molecular weight is 507 g/mol.